The predicted molar refractivity (Wildman–Crippen MR) is 60.2 cm³/mol. The molecule has 0 saturated carbocycles. The van der Waals surface area contributed by atoms with Crippen LogP contribution in [0.3, 0.4) is 0 Å². The van der Waals surface area contributed by atoms with Crippen LogP contribution in [0, 0.1) is 11.3 Å². The first-order valence-electron chi connectivity index (χ1n) is 3.93. The quantitative estimate of drug-likeness (QED) is 0.771. The van der Waals surface area contributed by atoms with Gasteiger partial charge in [0.1, 0.15) is 10.2 Å². The third kappa shape index (κ3) is 2.69. The van der Waals surface area contributed by atoms with Crippen molar-refractivity contribution in [3.63, 3.8) is 0 Å². The molecule has 0 spiro atoms. The zero-order chi connectivity index (χ0) is 10.7. The highest BCUT2D eigenvalue weighted by Crippen LogP contribution is 2.29. The molecule has 74 valence electrons. The second-order valence-corrected chi connectivity index (χ2v) is 5.08. The van der Waals surface area contributed by atoms with E-state index in [2.05, 4.69) is 9.97 Å². The van der Waals surface area contributed by atoms with Crippen molar-refractivity contribution in [1.29, 1.82) is 5.26 Å². The number of thiazole rings is 1. The van der Waals surface area contributed by atoms with E-state index >= 15 is 0 Å². The molecule has 0 atom stereocenters. The van der Waals surface area contributed by atoms with Crippen LogP contribution in [0.15, 0.2) is 33.1 Å². The summed E-state index contributed by atoms with van der Waals surface area (Å²) >= 11 is 8.70. The number of pyridine rings is 1. The summed E-state index contributed by atoms with van der Waals surface area (Å²) in [6, 6.07) is 5.26. The minimum Gasteiger partial charge on any atom is -0.238 e. The van der Waals surface area contributed by atoms with E-state index in [1.807, 2.05) is 11.4 Å². The summed E-state index contributed by atoms with van der Waals surface area (Å²) in [7, 11) is 0. The van der Waals surface area contributed by atoms with Gasteiger partial charge >= 0.3 is 0 Å². The van der Waals surface area contributed by atoms with Crippen molar-refractivity contribution in [2.45, 2.75) is 9.37 Å². The molecule has 15 heavy (non-hydrogen) atoms. The van der Waals surface area contributed by atoms with Crippen LogP contribution in [0.1, 0.15) is 5.56 Å². The molecule has 6 heteroatoms. The van der Waals surface area contributed by atoms with Crippen molar-refractivity contribution >= 4 is 34.7 Å². The zero-order valence-corrected chi connectivity index (χ0v) is 9.73. The summed E-state index contributed by atoms with van der Waals surface area (Å²) in [5.41, 5.74) is 0.508. The molecule has 0 N–H and O–H groups in total. The van der Waals surface area contributed by atoms with E-state index in [1.165, 1.54) is 29.2 Å². The molecule has 0 aliphatic carbocycles. The SMILES string of the molecule is N#Cc1cc(Cl)nc(Sc2nccs2)c1. The molecule has 0 saturated heterocycles. The Labute approximate surface area is 99.8 Å². The maximum Gasteiger partial charge on any atom is 0.156 e. The fourth-order valence-corrected chi connectivity index (χ4v) is 2.80. The molecular formula is C9H4ClN3S2. The second-order valence-electron chi connectivity index (χ2n) is 2.53. The van der Waals surface area contributed by atoms with Crippen LogP contribution < -0.4 is 0 Å². The largest absolute Gasteiger partial charge is 0.238 e. The highest BCUT2D eigenvalue weighted by Gasteiger charge is 2.04. The molecule has 0 aromatic carbocycles. The lowest BCUT2D eigenvalue weighted by Crippen LogP contribution is -1.83. The standard InChI is InChI=1S/C9H4ClN3S2/c10-7-3-6(5-11)4-8(13-7)15-9-12-1-2-14-9/h1-4H. The summed E-state index contributed by atoms with van der Waals surface area (Å²) in [5.74, 6) is 0. The molecule has 0 aliphatic rings. The summed E-state index contributed by atoms with van der Waals surface area (Å²) in [6.07, 6.45) is 1.72. The van der Waals surface area contributed by atoms with Gasteiger partial charge in [0, 0.05) is 11.6 Å². The molecule has 0 radical (unpaired) electrons. The van der Waals surface area contributed by atoms with Gasteiger partial charge in [-0.15, -0.1) is 11.3 Å². The van der Waals surface area contributed by atoms with E-state index in [-0.39, 0.29) is 0 Å². The van der Waals surface area contributed by atoms with Crippen molar-refractivity contribution in [1.82, 2.24) is 9.97 Å². The van der Waals surface area contributed by atoms with Gasteiger partial charge in [-0.3, -0.25) is 0 Å². The van der Waals surface area contributed by atoms with Crippen LogP contribution in [0.25, 0.3) is 0 Å². The fourth-order valence-electron chi connectivity index (χ4n) is 0.940. The van der Waals surface area contributed by atoms with E-state index in [9.17, 15) is 0 Å². The Morgan fingerprint density at radius 3 is 3.00 bits per heavy atom. The summed E-state index contributed by atoms with van der Waals surface area (Å²) < 4.78 is 0.883. The van der Waals surface area contributed by atoms with Gasteiger partial charge in [-0.1, -0.05) is 11.6 Å². The van der Waals surface area contributed by atoms with Gasteiger partial charge in [0.2, 0.25) is 0 Å². The Hall–Kier alpha value is -1.09. The van der Waals surface area contributed by atoms with Gasteiger partial charge in [0.15, 0.2) is 4.34 Å². The van der Waals surface area contributed by atoms with E-state index in [1.54, 1.807) is 12.3 Å². The molecule has 2 aromatic rings. The topological polar surface area (TPSA) is 49.6 Å². The Kier molecular flexibility index (Phi) is 3.21. The molecule has 2 rings (SSSR count). The zero-order valence-electron chi connectivity index (χ0n) is 7.35. The molecule has 2 heterocycles. The smallest absolute Gasteiger partial charge is 0.156 e. The van der Waals surface area contributed by atoms with Crippen molar-refractivity contribution in [3.8, 4) is 6.07 Å². The van der Waals surface area contributed by atoms with E-state index in [0.717, 1.165) is 4.34 Å². The molecule has 0 unspecified atom stereocenters. The van der Waals surface area contributed by atoms with Gasteiger partial charge in [0.25, 0.3) is 0 Å². The van der Waals surface area contributed by atoms with Crippen molar-refractivity contribution < 1.29 is 0 Å². The first kappa shape index (κ1) is 10.4. The molecular weight excluding hydrogens is 250 g/mol. The summed E-state index contributed by atoms with van der Waals surface area (Å²) in [4.78, 5) is 8.21. The van der Waals surface area contributed by atoms with Crippen LogP contribution in [-0.2, 0) is 0 Å². The lowest BCUT2D eigenvalue weighted by atomic mass is 10.3. The Balaban J connectivity index is 2.29. The first-order chi connectivity index (χ1) is 7.28. The Morgan fingerprint density at radius 1 is 1.47 bits per heavy atom. The average Bonchev–Trinajstić information content (AvgIpc) is 2.69. The van der Waals surface area contributed by atoms with Crippen molar-refractivity contribution in [2.24, 2.45) is 0 Å². The van der Waals surface area contributed by atoms with Gasteiger partial charge in [-0.2, -0.15) is 5.26 Å². The minimum atomic E-state index is 0.327. The van der Waals surface area contributed by atoms with E-state index in [4.69, 9.17) is 16.9 Å². The summed E-state index contributed by atoms with van der Waals surface area (Å²) in [6.45, 7) is 0. The minimum absolute atomic E-state index is 0.327. The fraction of sp³-hybridized carbons (Fsp3) is 0. The highest BCUT2D eigenvalue weighted by atomic mass is 35.5. The van der Waals surface area contributed by atoms with Crippen LogP contribution in [0.5, 0.6) is 0 Å². The second kappa shape index (κ2) is 4.62. The molecule has 0 fully saturated rings. The number of rotatable bonds is 2. The van der Waals surface area contributed by atoms with Crippen LogP contribution in [0.2, 0.25) is 5.15 Å². The predicted octanol–water partition coefficient (Wildman–Crippen LogP) is 3.21. The monoisotopic (exact) mass is 253 g/mol. The van der Waals surface area contributed by atoms with Gasteiger partial charge in [-0.05, 0) is 23.9 Å². The highest BCUT2D eigenvalue weighted by molar-refractivity contribution is 8.01. The number of nitriles is 1. The molecule has 2 aromatic heterocycles. The molecule has 0 bridgehead atoms. The Morgan fingerprint density at radius 2 is 2.33 bits per heavy atom. The summed E-state index contributed by atoms with van der Waals surface area (Å²) in [5, 5.41) is 11.7. The lowest BCUT2D eigenvalue weighted by molar-refractivity contribution is 1.12. The maximum absolute atomic E-state index is 8.75. The molecule has 0 amide bonds. The number of nitrogens with zero attached hydrogens (tertiary/aromatic N) is 3. The van der Waals surface area contributed by atoms with E-state index < -0.39 is 0 Å². The van der Waals surface area contributed by atoms with Crippen LogP contribution in [0.4, 0.5) is 0 Å². The maximum atomic E-state index is 8.75. The van der Waals surface area contributed by atoms with Crippen LogP contribution in [-0.4, -0.2) is 9.97 Å². The van der Waals surface area contributed by atoms with Crippen LogP contribution >= 0.6 is 34.7 Å². The first-order valence-corrected chi connectivity index (χ1v) is 6.00. The average molecular weight is 254 g/mol. The van der Waals surface area contributed by atoms with E-state index in [0.29, 0.717) is 15.7 Å². The number of hydrogen-bond donors (Lipinski definition) is 0. The number of halogens is 1. The normalized spacial score (nSPS) is 9.87. The lowest BCUT2D eigenvalue weighted by Gasteiger charge is -1.98. The molecule has 3 nitrogen and oxygen atoms in total. The third-order valence-corrected chi connectivity index (χ3v) is 3.50. The van der Waals surface area contributed by atoms with Gasteiger partial charge in [0.05, 0.1) is 11.6 Å². The van der Waals surface area contributed by atoms with Gasteiger partial charge < -0.3 is 0 Å². The molecule has 0 aliphatic heterocycles. The third-order valence-electron chi connectivity index (χ3n) is 1.50. The number of aromatic nitrogens is 2. The number of hydrogen-bond acceptors (Lipinski definition) is 5. The van der Waals surface area contributed by atoms with Crippen molar-refractivity contribution in [2.75, 3.05) is 0 Å². The van der Waals surface area contributed by atoms with Crippen molar-refractivity contribution in [3.05, 3.63) is 34.4 Å². The van der Waals surface area contributed by atoms with Gasteiger partial charge in [-0.25, -0.2) is 9.97 Å². The Bertz CT molecular complexity index is 505.